The Hall–Kier alpha value is -0.420. The van der Waals surface area contributed by atoms with Gasteiger partial charge in [-0.05, 0) is 43.0 Å². The molecule has 1 aliphatic carbocycles. The van der Waals surface area contributed by atoms with E-state index in [9.17, 15) is 0 Å². The van der Waals surface area contributed by atoms with E-state index in [4.69, 9.17) is 5.73 Å². The molecule has 0 radical (unpaired) electrons. The Bertz CT molecular complexity index is 337. The summed E-state index contributed by atoms with van der Waals surface area (Å²) in [6.07, 6.45) is 5.92. The average Bonchev–Trinajstić information content (AvgIpc) is 2.75. The average molecular weight is 243 g/mol. The van der Waals surface area contributed by atoms with Crippen LogP contribution in [-0.4, -0.2) is 16.7 Å². The van der Waals surface area contributed by atoms with Crippen molar-refractivity contribution >= 4 is 34.1 Å². The zero-order valence-electron chi connectivity index (χ0n) is 9.12. The number of aromatic nitrogens is 1. The first kappa shape index (κ1) is 11.1. The van der Waals surface area contributed by atoms with E-state index < -0.39 is 0 Å². The molecule has 3 N–H and O–H groups in total. The summed E-state index contributed by atoms with van der Waals surface area (Å²) in [5.74, 6) is 1.52. The highest BCUT2D eigenvalue weighted by Crippen LogP contribution is 2.37. The fourth-order valence-corrected chi connectivity index (χ4v) is 3.71. The van der Waals surface area contributed by atoms with Gasteiger partial charge < -0.3 is 11.1 Å². The summed E-state index contributed by atoms with van der Waals surface area (Å²) < 4.78 is 4.18. The first-order valence-corrected chi connectivity index (χ1v) is 7.26. The molecule has 2 unspecified atom stereocenters. The van der Waals surface area contributed by atoms with Gasteiger partial charge in [-0.1, -0.05) is 6.92 Å². The second kappa shape index (κ2) is 4.61. The number of hydrogen-bond donors (Lipinski definition) is 2. The van der Waals surface area contributed by atoms with Crippen molar-refractivity contribution in [1.29, 1.82) is 0 Å². The van der Waals surface area contributed by atoms with Crippen molar-refractivity contribution in [3.63, 3.8) is 0 Å². The maximum Gasteiger partial charge on any atom is 0.153 e. The van der Waals surface area contributed by atoms with E-state index in [1.54, 1.807) is 11.8 Å². The number of thioether (sulfide) groups is 1. The highest BCUT2D eigenvalue weighted by atomic mass is 32.2. The molecule has 84 valence electrons. The Kier molecular flexibility index (Phi) is 3.41. The lowest BCUT2D eigenvalue weighted by Gasteiger charge is -2.12. The lowest BCUT2D eigenvalue weighted by molar-refractivity contribution is 0.603. The Morgan fingerprint density at radius 2 is 2.33 bits per heavy atom. The molecule has 1 heterocycles. The summed E-state index contributed by atoms with van der Waals surface area (Å²) in [7, 11) is 0. The van der Waals surface area contributed by atoms with Crippen molar-refractivity contribution in [3.05, 3.63) is 0 Å². The summed E-state index contributed by atoms with van der Waals surface area (Å²) in [4.78, 5) is 1.11. The highest BCUT2D eigenvalue weighted by Gasteiger charge is 2.23. The third-order valence-electron chi connectivity index (χ3n) is 2.91. The van der Waals surface area contributed by atoms with Gasteiger partial charge in [-0.25, -0.2) is 0 Å². The largest absolute Gasteiger partial charge is 0.382 e. The maximum absolute atomic E-state index is 5.79. The molecule has 1 saturated carbocycles. The molecular weight excluding hydrogens is 226 g/mol. The number of nitrogens with two attached hydrogens (primary N) is 1. The first-order chi connectivity index (χ1) is 7.20. The van der Waals surface area contributed by atoms with E-state index >= 15 is 0 Å². The molecule has 1 aromatic rings. The van der Waals surface area contributed by atoms with Gasteiger partial charge in [0.25, 0.3) is 0 Å². The molecule has 2 atom stereocenters. The first-order valence-electron chi connectivity index (χ1n) is 5.26. The molecule has 3 nitrogen and oxygen atoms in total. The van der Waals surface area contributed by atoms with E-state index in [1.165, 1.54) is 30.8 Å². The topological polar surface area (TPSA) is 50.9 Å². The molecule has 0 aliphatic heterocycles. The second-order valence-corrected chi connectivity index (χ2v) is 5.78. The van der Waals surface area contributed by atoms with Gasteiger partial charge >= 0.3 is 0 Å². The molecule has 0 bridgehead atoms. The summed E-state index contributed by atoms with van der Waals surface area (Å²) in [5.41, 5.74) is 5.79. The number of rotatable bonds is 3. The molecule has 1 fully saturated rings. The van der Waals surface area contributed by atoms with Crippen molar-refractivity contribution in [1.82, 2.24) is 4.37 Å². The van der Waals surface area contributed by atoms with Gasteiger partial charge in [0, 0.05) is 6.04 Å². The Morgan fingerprint density at radius 1 is 1.53 bits per heavy atom. The quantitative estimate of drug-likeness (QED) is 0.801. The minimum absolute atomic E-state index is 0.616. The van der Waals surface area contributed by atoms with Gasteiger partial charge in [-0.3, -0.25) is 0 Å². The molecule has 1 aromatic heterocycles. The van der Waals surface area contributed by atoms with Gasteiger partial charge in [0.05, 0.1) is 4.90 Å². The molecule has 0 amide bonds. The minimum atomic E-state index is 0.616. The summed E-state index contributed by atoms with van der Waals surface area (Å²) >= 11 is 3.16. The normalized spacial score (nSPS) is 25.7. The van der Waals surface area contributed by atoms with Crippen LogP contribution in [0.25, 0.3) is 0 Å². The predicted octanol–water partition coefficient (Wildman–Crippen LogP) is 3.05. The number of nitrogens with zero attached hydrogens (tertiary/aromatic N) is 1. The van der Waals surface area contributed by atoms with Crippen molar-refractivity contribution in [2.24, 2.45) is 5.92 Å². The number of nitrogen functional groups attached to an aromatic ring is 1. The van der Waals surface area contributed by atoms with Gasteiger partial charge in [0.2, 0.25) is 0 Å². The van der Waals surface area contributed by atoms with Crippen LogP contribution in [0.15, 0.2) is 4.90 Å². The lowest BCUT2D eigenvalue weighted by Crippen LogP contribution is -2.14. The predicted molar refractivity (Wildman–Crippen MR) is 68.7 cm³/mol. The summed E-state index contributed by atoms with van der Waals surface area (Å²) in [6.45, 7) is 2.32. The lowest BCUT2D eigenvalue weighted by atomic mass is 10.1. The van der Waals surface area contributed by atoms with Crippen molar-refractivity contribution in [3.8, 4) is 0 Å². The molecule has 0 aromatic carbocycles. The Morgan fingerprint density at radius 3 is 2.93 bits per heavy atom. The number of anilines is 2. The zero-order valence-corrected chi connectivity index (χ0v) is 10.8. The van der Waals surface area contributed by atoms with Crippen molar-refractivity contribution < 1.29 is 0 Å². The Balaban J connectivity index is 2.04. The fourth-order valence-electron chi connectivity index (χ4n) is 2.11. The third kappa shape index (κ3) is 2.39. The summed E-state index contributed by atoms with van der Waals surface area (Å²) in [6, 6.07) is 0.616. The van der Waals surface area contributed by atoms with Crippen LogP contribution in [0.2, 0.25) is 0 Å². The van der Waals surface area contributed by atoms with E-state index in [1.807, 2.05) is 6.26 Å². The monoisotopic (exact) mass is 243 g/mol. The molecular formula is C10H17N3S2. The van der Waals surface area contributed by atoms with Crippen LogP contribution >= 0.6 is 23.3 Å². The SMILES string of the molecule is CSc1c(N)nsc1NC1CCC(C)C1. The van der Waals surface area contributed by atoms with Crippen LogP contribution in [-0.2, 0) is 0 Å². The molecule has 15 heavy (non-hydrogen) atoms. The van der Waals surface area contributed by atoms with E-state index in [0.29, 0.717) is 11.9 Å². The highest BCUT2D eigenvalue weighted by molar-refractivity contribution is 7.99. The van der Waals surface area contributed by atoms with E-state index in [-0.39, 0.29) is 0 Å². The van der Waals surface area contributed by atoms with Gasteiger partial charge in [-0.15, -0.1) is 11.8 Å². The van der Waals surface area contributed by atoms with Gasteiger partial charge in [0.1, 0.15) is 5.00 Å². The standard InChI is InChI=1S/C10H17N3S2/c1-6-3-4-7(5-6)12-10-8(14-2)9(11)13-15-10/h6-7,12H,3-5H2,1-2H3,(H2,11,13). The van der Waals surface area contributed by atoms with Crippen LogP contribution in [0.1, 0.15) is 26.2 Å². The van der Waals surface area contributed by atoms with Crippen LogP contribution < -0.4 is 11.1 Å². The fraction of sp³-hybridized carbons (Fsp3) is 0.700. The molecule has 2 rings (SSSR count). The van der Waals surface area contributed by atoms with Crippen LogP contribution in [0, 0.1) is 5.92 Å². The molecule has 1 aliphatic rings. The van der Waals surface area contributed by atoms with E-state index in [2.05, 4.69) is 16.6 Å². The van der Waals surface area contributed by atoms with Crippen LogP contribution in [0.5, 0.6) is 0 Å². The van der Waals surface area contributed by atoms with Crippen LogP contribution in [0.3, 0.4) is 0 Å². The second-order valence-electron chi connectivity index (χ2n) is 4.19. The molecule has 5 heteroatoms. The Labute approximate surface area is 99.0 Å². The molecule has 0 saturated heterocycles. The van der Waals surface area contributed by atoms with Gasteiger partial charge in [0.15, 0.2) is 5.82 Å². The smallest absolute Gasteiger partial charge is 0.153 e. The van der Waals surface area contributed by atoms with Crippen LogP contribution in [0.4, 0.5) is 10.8 Å². The minimum Gasteiger partial charge on any atom is -0.382 e. The summed E-state index contributed by atoms with van der Waals surface area (Å²) in [5, 5.41) is 4.72. The van der Waals surface area contributed by atoms with Gasteiger partial charge in [-0.2, -0.15) is 4.37 Å². The maximum atomic E-state index is 5.79. The molecule has 0 spiro atoms. The number of hydrogen-bond acceptors (Lipinski definition) is 5. The van der Waals surface area contributed by atoms with Crippen molar-refractivity contribution in [2.75, 3.05) is 17.3 Å². The van der Waals surface area contributed by atoms with Crippen molar-refractivity contribution in [2.45, 2.75) is 37.1 Å². The zero-order chi connectivity index (χ0) is 10.8. The van der Waals surface area contributed by atoms with E-state index in [0.717, 1.165) is 15.8 Å². The third-order valence-corrected chi connectivity index (χ3v) is 4.65. The number of nitrogens with one attached hydrogen (secondary N) is 1.